The van der Waals surface area contributed by atoms with Gasteiger partial charge < -0.3 is 0 Å². The summed E-state index contributed by atoms with van der Waals surface area (Å²) in [6.45, 7) is 1.62. The largest absolute Gasteiger partial charge is 0.278 e. The lowest BCUT2D eigenvalue weighted by Gasteiger charge is -2.10. The van der Waals surface area contributed by atoms with Gasteiger partial charge in [0.25, 0.3) is 10.0 Å². The number of hydrogen-bond acceptors (Lipinski definition) is 3. The lowest BCUT2D eigenvalue weighted by atomic mass is 10.3. The second kappa shape index (κ2) is 5.34. The molecule has 0 amide bonds. The van der Waals surface area contributed by atoms with E-state index < -0.39 is 26.6 Å². The van der Waals surface area contributed by atoms with Crippen molar-refractivity contribution >= 4 is 27.3 Å². The SMILES string of the molecule is Cc1cc(NS(=O)(=O)c2c(F)cccc2F)cnc1Cl. The molecular formula is C12H9ClF2N2O2S. The Bertz CT molecular complexity index is 746. The van der Waals surface area contributed by atoms with Gasteiger partial charge in [-0.1, -0.05) is 17.7 Å². The molecule has 8 heteroatoms. The number of nitrogens with one attached hydrogen (secondary N) is 1. The molecule has 1 aromatic carbocycles. The van der Waals surface area contributed by atoms with Gasteiger partial charge in [0.2, 0.25) is 0 Å². The first-order chi connectivity index (χ1) is 9.31. The van der Waals surface area contributed by atoms with Crippen LogP contribution in [0.3, 0.4) is 0 Å². The monoisotopic (exact) mass is 318 g/mol. The van der Waals surface area contributed by atoms with E-state index in [1.807, 2.05) is 0 Å². The minimum atomic E-state index is -4.39. The highest BCUT2D eigenvalue weighted by Gasteiger charge is 2.24. The zero-order valence-corrected chi connectivity index (χ0v) is 11.8. The zero-order valence-electron chi connectivity index (χ0n) is 10.2. The molecule has 0 unspecified atom stereocenters. The van der Waals surface area contributed by atoms with Gasteiger partial charge in [-0.25, -0.2) is 22.2 Å². The van der Waals surface area contributed by atoms with Crippen molar-refractivity contribution in [1.82, 2.24) is 4.98 Å². The number of nitrogens with zero attached hydrogens (tertiary/aromatic N) is 1. The smallest absolute Gasteiger partial charge is 0.267 e. The molecule has 0 atom stereocenters. The van der Waals surface area contributed by atoms with E-state index in [0.29, 0.717) is 5.56 Å². The van der Waals surface area contributed by atoms with E-state index in [2.05, 4.69) is 9.71 Å². The van der Waals surface area contributed by atoms with Crippen LogP contribution < -0.4 is 4.72 Å². The second-order valence-electron chi connectivity index (χ2n) is 3.99. The van der Waals surface area contributed by atoms with Crippen LogP contribution >= 0.6 is 11.6 Å². The first-order valence-electron chi connectivity index (χ1n) is 5.40. The predicted octanol–water partition coefficient (Wildman–Crippen LogP) is 3.12. The summed E-state index contributed by atoms with van der Waals surface area (Å²) in [4.78, 5) is 2.72. The highest BCUT2D eigenvalue weighted by Crippen LogP contribution is 2.23. The molecule has 1 aromatic heterocycles. The van der Waals surface area contributed by atoms with Gasteiger partial charge >= 0.3 is 0 Å². The standard InChI is InChI=1S/C12H9ClF2N2O2S/c1-7-5-8(6-16-12(7)13)17-20(18,19)11-9(14)3-2-4-10(11)15/h2-6,17H,1H3. The van der Waals surface area contributed by atoms with E-state index in [4.69, 9.17) is 11.6 Å². The number of sulfonamides is 1. The quantitative estimate of drug-likeness (QED) is 0.885. The van der Waals surface area contributed by atoms with E-state index in [1.54, 1.807) is 6.92 Å². The highest BCUT2D eigenvalue weighted by atomic mass is 35.5. The molecule has 106 valence electrons. The van der Waals surface area contributed by atoms with Crippen molar-refractivity contribution in [1.29, 1.82) is 0 Å². The molecule has 0 aliphatic carbocycles. The predicted molar refractivity (Wildman–Crippen MR) is 71.2 cm³/mol. The minimum absolute atomic E-state index is 0.0644. The van der Waals surface area contributed by atoms with Crippen LogP contribution in [0.15, 0.2) is 35.4 Å². The van der Waals surface area contributed by atoms with Gasteiger partial charge in [-0.2, -0.15) is 0 Å². The molecule has 0 aliphatic rings. The number of benzene rings is 1. The van der Waals surface area contributed by atoms with Crippen LogP contribution in [0, 0.1) is 18.6 Å². The topological polar surface area (TPSA) is 59.1 Å². The average molecular weight is 319 g/mol. The van der Waals surface area contributed by atoms with Gasteiger partial charge in [0.15, 0.2) is 4.90 Å². The molecule has 0 bridgehead atoms. The molecular weight excluding hydrogens is 310 g/mol. The van der Waals surface area contributed by atoms with Crippen LogP contribution in [0.1, 0.15) is 5.56 Å². The molecule has 1 N–H and O–H groups in total. The van der Waals surface area contributed by atoms with Crippen LogP contribution in [-0.4, -0.2) is 13.4 Å². The van der Waals surface area contributed by atoms with E-state index in [9.17, 15) is 17.2 Å². The molecule has 0 spiro atoms. The van der Waals surface area contributed by atoms with Crippen molar-refractivity contribution in [2.45, 2.75) is 11.8 Å². The van der Waals surface area contributed by atoms with Crippen molar-refractivity contribution in [3.63, 3.8) is 0 Å². The Labute approximate surface area is 119 Å². The maximum Gasteiger partial charge on any atom is 0.267 e. The van der Waals surface area contributed by atoms with Crippen LogP contribution in [0.2, 0.25) is 5.15 Å². The summed E-state index contributed by atoms with van der Waals surface area (Å²) in [5.74, 6) is -2.34. The molecule has 20 heavy (non-hydrogen) atoms. The van der Waals surface area contributed by atoms with Crippen molar-refractivity contribution in [2.24, 2.45) is 0 Å². The average Bonchev–Trinajstić information content (AvgIpc) is 2.33. The Morgan fingerprint density at radius 3 is 2.40 bits per heavy atom. The summed E-state index contributed by atoms with van der Waals surface area (Å²) in [5, 5.41) is 0.213. The molecule has 0 radical (unpaired) electrons. The van der Waals surface area contributed by atoms with Crippen molar-refractivity contribution in [3.8, 4) is 0 Å². The maximum atomic E-state index is 13.5. The molecule has 0 saturated carbocycles. The van der Waals surface area contributed by atoms with Gasteiger partial charge in [0.1, 0.15) is 16.8 Å². The Morgan fingerprint density at radius 2 is 1.85 bits per heavy atom. The molecule has 0 aliphatic heterocycles. The number of hydrogen-bond donors (Lipinski definition) is 1. The summed E-state index contributed by atoms with van der Waals surface area (Å²) >= 11 is 5.71. The van der Waals surface area contributed by atoms with Crippen molar-refractivity contribution in [2.75, 3.05) is 4.72 Å². The molecule has 0 saturated heterocycles. The summed E-state index contributed by atoms with van der Waals surface area (Å²) in [5.41, 5.74) is 0.593. The van der Waals surface area contributed by atoms with Crippen LogP contribution in [0.25, 0.3) is 0 Å². The molecule has 0 fully saturated rings. The van der Waals surface area contributed by atoms with Gasteiger partial charge in [0.05, 0.1) is 11.9 Å². The van der Waals surface area contributed by atoms with Crippen LogP contribution in [0.5, 0.6) is 0 Å². The third-order valence-electron chi connectivity index (χ3n) is 2.45. The zero-order chi connectivity index (χ0) is 14.9. The van der Waals surface area contributed by atoms with Crippen LogP contribution in [-0.2, 0) is 10.0 Å². The Balaban J connectivity index is 2.43. The van der Waals surface area contributed by atoms with E-state index in [0.717, 1.165) is 24.4 Å². The molecule has 4 nitrogen and oxygen atoms in total. The number of aromatic nitrogens is 1. The first kappa shape index (κ1) is 14.7. The van der Waals surface area contributed by atoms with Gasteiger partial charge in [0, 0.05) is 0 Å². The van der Waals surface area contributed by atoms with Crippen LogP contribution in [0.4, 0.5) is 14.5 Å². The van der Waals surface area contributed by atoms with E-state index >= 15 is 0 Å². The summed E-state index contributed by atoms with van der Waals surface area (Å²) in [7, 11) is -4.39. The fourth-order valence-electron chi connectivity index (χ4n) is 1.56. The van der Waals surface area contributed by atoms with Gasteiger partial charge in [-0.15, -0.1) is 0 Å². The number of halogens is 3. The second-order valence-corrected chi connectivity index (χ2v) is 5.97. The minimum Gasteiger partial charge on any atom is -0.278 e. The maximum absolute atomic E-state index is 13.5. The molecule has 2 aromatic rings. The number of rotatable bonds is 3. The Kier molecular flexibility index (Phi) is 3.92. The Morgan fingerprint density at radius 1 is 1.25 bits per heavy atom. The highest BCUT2D eigenvalue weighted by molar-refractivity contribution is 7.92. The van der Waals surface area contributed by atoms with Crippen molar-refractivity contribution in [3.05, 3.63) is 52.8 Å². The normalized spacial score (nSPS) is 11.4. The molecule has 2 rings (SSSR count). The Hall–Kier alpha value is -1.73. The van der Waals surface area contributed by atoms with Crippen molar-refractivity contribution < 1.29 is 17.2 Å². The first-order valence-corrected chi connectivity index (χ1v) is 7.26. The summed E-state index contributed by atoms with van der Waals surface area (Å²) in [6.07, 6.45) is 1.16. The fraction of sp³-hybridized carbons (Fsp3) is 0.0833. The number of anilines is 1. The summed E-state index contributed by atoms with van der Waals surface area (Å²) in [6, 6.07) is 4.22. The third-order valence-corrected chi connectivity index (χ3v) is 4.28. The third kappa shape index (κ3) is 2.88. The van der Waals surface area contributed by atoms with Gasteiger partial charge in [-0.3, -0.25) is 4.72 Å². The lowest BCUT2D eigenvalue weighted by molar-refractivity contribution is 0.521. The number of pyridine rings is 1. The number of aryl methyl sites for hydroxylation is 1. The lowest BCUT2D eigenvalue weighted by Crippen LogP contribution is -2.16. The van der Waals surface area contributed by atoms with E-state index in [-0.39, 0.29) is 10.8 Å². The van der Waals surface area contributed by atoms with Gasteiger partial charge in [-0.05, 0) is 30.7 Å². The van der Waals surface area contributed by atoms with E-state index in [1.165, 1.54) is 6.07 Å². The molecule has 1 heterocycles. The summed E-state index contributed by atoms with van der Waals surface area (Å²) < 4.78 is 53.0. The fourth-order valence-corrected chi connectivity index (χ4v) is 2.84.